The largest absolute Gasteiger partial charge is 0.488 e. The lowest BCUT2D eigenvalue weighted by molar-refractivity contribution is 0.231. The lowest BCUT2D eigenvalue weighted by atomic mass is 9.96. The zero-order valence-corrected chi connectivity index (χ0v) is 13.2. The van der Waals surface area contributed by atoms with Gasteiger partial charge >= 0.3 is 0 Å². The molecule has 2 rings (SSSR count). The lowest BCUT2D eigenvalue weighted by Crippen LogP contribution is -2.36. The van der Waals surface area contributed by atoms with Crippen molar-refractivity contribution in [2.45, 2.75) is 63.0 Å². The van der Waals surface area contributed by atoms with Gasteiger partial charge in [-0.1, -0.05) is 19.3 Å². The monoisotopic (exact) mass is 315 g/mol. The Morgan fingerprint density at radius 3 is 2.48 bits per heavy atom. The molecule has 1 aromatic rings. The van der Waals surface area contributed by atoms with Crippen molar-refractivity contribution in [3.63, 3.8) is 0 Å². The van der Waals surface area contributed by atoms with Gasteiger partial charge in [-0.05, 0) is 44.9 Å². The van der Waals surface area contributed by atoms with Crippen LogP contribution in [0.1, 0.15) is 46.0 Å². The van der Waals surface area contributed by atoms with Crippen molar-refractivity contribution in [2.24, 2.45) is 0 Å². The lowest BCUT2D eigenvalue weighted by Gasteiger charge is -2.22. The molecular formula is C15H22FNO3S. The van der Waals surface area contributed by atoms with Gasteiger partial charge in [0.05, 0.1) is 11.0 Å². The Morgan fingerprint density at radius 2 is 1.90 bits per heavy atom. The third-order valence-electron chi connectivity index (χ3n) is 3.50. The Balaban J connectivity index is 2.14. The highest BCUT2D eigenvalue weighted by molar-refractivity contribution is 7.89. The molecule has 0 heterocycles. The normalized spacial score (nSPS) is 17.1. The zero-order valence-electron chi connectivity index (χ0n) is 12.4. The third kappa shape index (κ3) is 4.41. The molecule has 1 aromatic carbocycles. The van der Waals surface area contributed by atoms with E-state index in [1.807, 2.05) is 0 Å². The van der Waals surface area contributed by atoms with Crippen molar-refractivity contribution in [1.29, 1.82) is 0 Å². The van der Waals surface area contributed by atoms with E-state index in [-0.39, 0.29) is 22.8 Å². The number of sulfonamides is 1. The van der Waals surface area contributed by atoms with Crippen LogP contribution in [0.4, 0.5) is 4.39 Å². The highest BCUT2D eigenvalue weighted by atomic mass is 32.2. The molecule has 0 atom stereocenters. The zero-order chi connectivity index (χ0) is 15.5. The predicted molar refractivity (Wildman–Crippen MR) is 79.4 cm³/mol. The Hall–Kier alpha value is -1.14. The molecular weight excluding hydrogens is 293 g/mol. The quantitative estimate of drug-likeness (QED) is 0.907. The SMILES string of the molecule is CC(C)Oc1ccc(S(=O)(=O)NC2CCCCC2)cc1F. The maximum atomic E-state index is 13.9. The fraction of sp³-hybridized carbons (Fsp3) is 0.600. The fourth-order valence-electron chi connectivity index (χ4n) is 2.51. The Morgan fingerprint density at radius 1 is 1.24 bits per heavy atom. The predicted octanol–water partition coefficient (Wildman–Crippen LogP) is 3.22. The van der Waals surface area contributed by atoms with E-state index in [0.717, 1.165) is 38.2 Å². The molecule has 118 valence electrons. The number of nitrogens with one attached hydrogen (secondary N) is 1. The number of benzene rings is 1. The van der Waals surface area contributed by atoms with Gasteiger partial charge in [0.15, 0.2) is 11.6 Å². The second kappa shape index (κ2) is 6.75. The van der Waals surface area contributed by atoms with Gasteiger partial charge in [-0.15, -0.1) is 0 Å². The molecule has 1 aliphatic rings. The maximum absolute atomic E-state index is 13.9. The first-order valence-corrected chi connectivity index (χ1v) is 8.85. The minimum absolute atomic E-state index is 0.0431. The molecule has 0 saturated heterocycles. The molecule has 1 N–H and O–H groups in total. The van der Waals surface area contributed by atoms with Crippen LogP contribution in [0.15, 0.2) is 23.1 Å². The third-order valence-corrected chi connectivity index (χ3v) is 5.02. The summed E-state index contributed by atoms with van der Waals surface area (Å²) < 4.78 is 46.4. The minimum Gasteiger partial charge on any atom is -0.488 e. The van der Waals surface area contributed by atoms with Crippen LogP contribution >= 0.6 is 0 Å². The number of hydrogen-bond acceptors (Lipinski definition) is 3. The summed E-state index contributed by atoms with van der Waals surface area (Å²) >= 11 is 0. The van der Waals surface area contributed by atoms with E-state index in [4.69, 9.17) is 4.74 Å². The van der Waals surface area contributed by atoms with Gasteiger partial charge in [-0.3, -0.25) is 0 Å². The van der Waals surface area contributed by atoms with Gasteiger partial charge in [-0.25, -0.2) is 17.5 Å². The molecule has 6 heteroatoms. The van der Waals surface area contributed by atoms with E-state index in [2.05, 4.69) is 4.72 Å². The van der Waals surface area contributed by atoms with E-state index in [1.54, 1.807) is 13.8 Å². The van der Waals surface area contributed by atoms with Gasteiger partial charge in [0.25, 0.3) is 0 Å². The summed E-state index contributed by atoms with van der Waals surface area (Å²) in [6.45, 7) is 3.57. The molecule has 0 unspecified atom stereocenters. The Bertz CT molecular complexity index is 581. The molecule has 0 spiro atoms. The van der Waals surface area contributed by atoms with E-state index >= 15 is 0 Å². The molecule has 0 radical (unpaired) electrons. The van der Waals surface area contributed by atoms with Crippen molar-refractivity contribution in [3.8, 4) is 5.75 Å². The first kappa shape index (κ1) is 16.2. The molecule has 0 amide bonds. The summed E-state index contributed by atoms with van der Waals surface area (Å²) in [7, 11) is -3.67. The smallest absolute Gasteiger partial charge is 0.240 e. The summed E-state index contributed by atoms with van der Waals surface area (Å²) in [4.78, 5) is -0.0540. The van der Waals surface area contributed by atoms with E-state index in [1.165, 1.54) is 12.1 Å². The molecule has 1 aliphatic carbocycles. The number of rotatable bonds is 5. The van der Waals surface area contributed by atoms with Crippen molar-refractivity contribution in [3.05, 3.63) is 24.0 Å². The molecule has 1 saturated carbocycles. The molecule has 0 aliphatic heterocycles. The maximum Gasteiger partial charge on any atom is 0.240 e. The second-order valence-electron chi connectivity index (χ2n) is 5.72. The van der Waals surface area contributed by atoms with Crippen molar-refractivity contribution in [2.75, 3.05) is 0 Å². The molecule has 0 bridgehead atoms. The van der Waals surface area contributed by atoms with Crippen LogP contribution in [0.3, 0.4) is 0 Å². The highest BCUT2D eigenvalue weighted by Crippen LogP contribution is 2.24. The van der Waals surface area contributed by atoms with Crippen LogP contribution in [-0.4, -0.2) is 20.6 Å². The van der Waals surface area contributed by atoms with Crippen LogP contribution in [0, 0.1) is 5.82 Å². The van der Waals surface area contributed by atoms with Gasteiger partial charge in [-0.2, -0.15) is 0 Å². The number of ether oxygens (including phenoxy) is 1. The first-order chi connectivity index (χ1) is 9.88. The van der Waals surface area contributed by atoms with Crippen LogP contribution in [-0.2, 0) is 10.0 Å². The van der Waals surface area contributed by atoms with Crippen molar-refractivity contribution >= 4 is 10.0 Å². The summed E-state index contributed by atoms with van der Waals surface area (Å²) in [5, 5.41) is 0. The van der Waals surface area contributed by atoms with E-state index < -0.39 is 15.8 Å². The van der Waals surface area contributed by atoms with Crippen molar-refractivity contribution < 1.29 is 17.5 Å². The average molecular weight is 315 g/mol. The van der Waals surface area contributed by atoms with Gasteiger partial charge in [0.2, 0.25) is 10.0 Å². The Labute approximate surface area is 125 Å². The number of hydrogen-bond donors (Lipinski definition) is 1. The second-order valence-corrected chi connectivity index (χ2v) is 7.43. The summed E-state index contributed by atoms with van der Waals surface area (Å²) in [5.74, 6) is -0.586. The van der Waals surface area contributed by atoms with Crippen LogP contribution in [0.25, 0.3) is 0 Å². The van der Waals surface area contributed by atoms with Gasteiger partial charge < -0.3 is 4.74 Å². The van der Waals surface area contributed by atoms with Crippen molar-refractivity contribution in [1.82, 2.24) is 4.72 Å². The highest BCUT2D eigenvalue weighted by Gasteiger charge is 2.23. The molecule has 1 fully saturated rings. The summed E-state index contributed by atoms with van der Waals surface area (Å²) in [6, 6.07) is 3.72. The van der Waals surface area contributed by atoms with E-state index in [9.17, 15) is 12.8 Å². The minimum atomic E-state index is -3.67. The van der Waals surface area contributed by atoms with Crippen LogP contribution in [0.5, 0.6) is 5.75 Å². The summed E-state index contributed by atoms with van der Waals surface area (Å²) in [6.07, 6.45) is 4.73. The molecule has 4 nitrogen and oxygen atoms in total. The topological polar surface area (TPSA) is 55.4 Å². The van der Waals surface area contributed by atoms with Gasteiger partial charge in [0.1, 0.15) is 0 Å². The first-order valence-electron chi connectivity index (χ1n) is 7.37. The molecule has 21 heavy (non-hydrogen) atoms. The van der Waals surface area contributed by atoms with Gasteiger partial charge in [0, 0.05) is 6.04 Å². The average Bonchev–Trinajstić information content (AvgIpc) is 2.41. The van der Waals surface area contributed by atoms with Crippen LogP contribution < -0.4 is 9.46 Å². The van der Waals surface area contributed by atoms with Crippen LogP contribution in [0.2, 0.25) is 0 Å². The van der Waals surface area contributed by atoms with E-state index in [0.29, 0.717) is 0 Å². The Kier molecular flexibility index (Phi) is 5.22. The standard InChI is InChI=1S/C15H22FNO3S/c1-11(2)20-15-9-8-13(10-14(15)16)21(18,19)17-12-6-4-3-5-7-12/h8-12,17H,3-7H2,1-2H3. The molecule has 0 aromatic heterocycles. The number of halogens is 1. The fourth-order valence-corrected chi connectivity index (χ4v) is 3.82. The summed E-state index contributed by atoms with van der Waals surface area (Å²) in [5.41, 5.74) is 0.